The molecule has 1 unspecified atom stereocenters. The van der Waals surface area contributed by atoms with Crippen LogP contribution >= 0.6 is 11.6 Å². The number of fused-ring (bicyclic) bond motifs is 2. The number of para-hydroxylation sites is 1. The first-order valence-corrected chi connectivity index (χ1v) is 15.8. The van der Waals surface area contributed by atoms with Crippen molar-refractivity contribution < 1.29 is 13.2 Å². The molecule has 2 aromatic carbocycles. The van der Waals surface area contributed by atoms with Crippen LogP contribution in [-0.4, -0.2) is 68.1 Å². The summed E-state index contributed by atoms with van der Waals surface area (Å²) in [5.74, 6) is 0.441. The van der Waals surface area contributed by atoms with Crippen LogP contribution in [0.1, 0.15) is 11.1 Å². The Morgan fingerprint density at radius 1 is 0.837 bits per heavy atom. The van der Waals surface area contributed by atoms with Gasteiger partial charge in [-0.15, -0.1) is 0 Å². The number of hydrogen-bond donors (Lipinski definition) is 0. The highest BCUT2D eigenvalue weighted by Gasteiger charge is 2.54. The number of aromatic nitrogens is 3. The molecule has 0 aliphatic carbocycles. The van der Waals surface area contributed by atoms with Crippen molar-refractivity contribution in [1.82, 2.24) is 19.9 Å². The van der Waals surface area contributed by atoms with Crippen LogP contribution in [0, 0.1) is 0 Å². The highest BCUT2D eigenvalue weighted by molar-refractivity contribution is 7.93. The number of ether oxygens (including phenoxy) is 1. The maximum atomic E-state index is 14.7. The molecule has 7 rings (SSSR count). The molecule has 218 valence electrons. The molecule has 0 bridgehead atoms. The Balaban J connectivity index is 1.40. The Morgan fingerprint density at radius 3 is 2.37 bits per heavy atom. The van der Waals surface area contributed by atoms with Crippen molar-refractivity contribution in [3.63, 3.8) is 0 Å². The monoisotopic (exact) mass is 612 g/mol. The molecule has 3 aromatic heterocycles. The molecule has 0 spiro atoms. The fourth-order valence-corrected chi connectivity index (χ4v) is 8.34. The van der Waals surface area contributed by atoms with Gasteiger partial charge in [-0.25, -0.2) is 13.4 Å². The van der Waals surface area contributed by atoms with E-state index >= 15 is 0 Å². The van der Waals surface area contributed by atoms with Crippen LogP contribution in [0.2, 0.25) is 5.02 Å². The van der Waals surface area contributed by atoms with Gasteiger partial charge in [0.15, 0.2) is 0 Å². The zero-order chi connectivity index (χ0) is 29.6. The average molecular weight is 613 g/mol. The molecular formula is C32H29ClN6O3S. The van der Waals surface area contributed by atoms with E-state index in [1.165, 1.54) is 4.31 Å². The summed E-state index contributed by atoms with van der Waals surface area (Å²) in [5, 5.41) is 1.28. The van der Waals surface area contributed by atoms with Crippen molar-refractivity contribution in [3.05, 3.63) is 114 Å². The Bertz CT molecular complexity index is 1910. The quantitative estimate of drug-likeness (QED) is 0.266. The number of anilines is 2. The molecule has 5 aromatic rings. The summed E-state index contributed by atoms with van der Waals surface area (Å²) in [4.78, 5) is 18.0. The van der Waals surface area contributed by atoms with Crippen molar-refractivity contribution in [2.45, 2.75) is 10.4 Å². The summed E-state index contributed by atoms with van der Waals surface area (Å²) in [6, 6.07) is 22.2. The van der Waals surface area contributed by atoms with Gasteiger partial charge in [0.2, 0.25) is 5.88 Å². The molecule has 0 radical (unpaired) electrons. The van der Waals surface area contributed by atoms with Gasteiger partial charge in [-0.2, -0.15) is 0 Å². The zero-order valence-electron chi connectivity index (χ0n) is 23.5. The fraction of sp³-hybridized carbons (Fsp3) is 0.219. The minimum atomic E-state index is -4.06. The lowest BCUT2D eigenvalue weighted by Crippen LogP contribution is -2.58. The number of rotatable bonds is 6. The topological polar surface area (TPSA) is 91.8 Å². The van der Waals surface area contributed by atoms with Crippen LogP contribution in [-0.2, 0) is 15.6 Å². The average Bonchev–Trinajstić information content (AvgIpc) is 3.41. The van der Waals surface area contributed by atoms with Crippen LogP contribution < -0.4 is 13.9 Å². The lowest BCUT2D eigenvalue weighted by molar-refractivity contribution is 0.124. The molecule has 5 heterocycles. The highest BCUT2D eigenvalue weighted by Crippen LogP contribution is 2.52. The van der Waals surface area contributed by atoms with E-state index in [-0.39, 0.29) is 11.4 Å². The largest absolute Gasteiger partial charge is 0.481 e. The van der Waals surface area contributed by atoms with Gasteiger partial charge in [0.05, 0.1) is 30.4 Å². The Kier molecular flexibility index (Phi) is 6.92. The van der Waals surface area contributed by atoms with Crippen LogP contribution in [0.3, 0.4) is 0 Å². The van der Waals surface area contributed by atoms with Gasteiger partial charge in [0, 0.05) is 78.2 Å². The molecule has 2 aliphatic rings. The maximum absolute atomic E-state index is 14.7. The summed E-state index contributed by atoms with van der Waals surface area (Å²) in [6.45, 7) is 2.92. The molecule has 0 amide bonds. The third kappa shape index (κ3) is 4.48. The van der Waals surface area contributed by atoms with Crippen molar-refractivity contribution in [2.75, 3.05) is 49.0 Å². The smallest absolute Gasteiger partial charge is 0.266 e. The molecule has 9 nitrogen and oxygen atoms in total. The first kappa shape index (κ1) is 27.6. The van der Waals surface area contributed by atoms with Crippen LogP contribution in [0.15, 0.2) is 102 Å². The van der Waals surface area contributed by atoms with Crippen LogP contribution in [0.5, 0.6) is 5.88 Å². The predicted molar refractivity (Wildman–Crippen MR) is 167 cm³/mol. The number of halogens is 1. The number of benzene rings is 2. The first-order valence-electron chi connectivity index (χ1n) is 14.0. The minimum absolute atomic E-state index is 0.117. The maximum Gasteiger partial charge on any atom is 0.266 e. The minimum Gasteiger partial charge on any atom is -0.481 e. The molecule has 1 saturated heterocycles. The summed E-state index contributed by atoms with van der Waals surface area (Å²) in [6.07, 6.45) is 6.89. The van der Waals surface area contributed by atoms with Gasteiger partial charge in [0.1, 0.15) is 4.90 Å². The Morgan fingerprint density at radius 2 is 1.58 bits per heavy atom. The lowest BCUT2D eigenvalue weighted by atomic mass is 9.82. The molecule has 0 N–H and O–H groups in total. The van der Waals surface area contributed by atoms with Gasteiger partial charge >= 0.3 is 0 Å². The summed E-state index contributed by atoms with van der Waals surface area (Å²) >= 11 is 6.65. The summed E-state index contributed by atoms with van der Waals surface area (Å²) in [7, 11) is -2.47. The van der Waals surface area contributed by atoms with Crippen LogP contribution in [0.4, 0.5) is 11.4 Å². The molecule has 1 fully saturated rings. The number of sulfonamides is 1. The molecule has 1 atom stereocenters. The van der Waals surface area contributed by atoms with Crippen molar-refractivity contribution in [1.29, 1.82) is 0 Å². The molecule has 43 heavy (non-hydrogen) atoms. The van der Waals surface area contributed by atoms with Crippen LogP contribution in [0.25, 0.3) is 10.9 Å². The highest BCUT2D eigenvalue weighted by atomic mass is 35.5. The SMILES string of the molecule is COc1ncccc1C1(N2CCN(c3ccncc3)CC2)CN(S(=O)(=O)c2cccc3cccnc23)c2ccc(Cl)cc21. The van der Waals surface area contributed by atoms with E-state index in [0.29, 0.717) is 35.2 Å². The van der Waals surface area contributed by atoms with Gasteiger partial charge in [0.25, 0.3) is 10.0 Å². The molecule has 0 saturated carbocycles. The van der Waals surface area contributed by atoms with E-state index in [1.807, 2.05) is 42.5 Å². The van der Waals surface area contributed by atoms with Crippen molar-refractivity contribution in [3.8, 4) is 5.88 Å². The number of piperazine rings is 1. The van der Waals surface area contributed by atoms with E-state index in [1.54, 1.807) is 62.2 Å². The van der Waals surface area contributed by atoms with E-state index in [0.717, 1.165) is 35.3 Å². The third-order valence-corrected chi connectivity index (χ3v) is 10.5. The summed E-state index contributed by atoms with van der Waals surface area (Å²) in [5.41, 5.74) is 2.76. The lowest BCUT2D eigenvalue weighted by Gasteiger charge is -2.47. The first-order chi connectivity index (χ1) is 20.9. The number of nitrogens with zero attached hydrogens (tertiary/aromatic N) is 6. The second-order valence-electron chi connectivity index (χ2n) is 10.6. The second-order valence-corrected chi connectivity index (χ2v) is 12.9. The predicted octanol–water partition coefficient (Wildman–Crippen LogP) is 4.96. The van der Waals surface area contributed by atoms with Crippen molar-refractivity contribution >= 4 is 43.9 Å². The van der Waals surface area contributed by atoms with Crippen molar-refractivity contribution in [2.24, 2.45) is 0 Å². The Labute approximate surface area is 255 Å². The van der Waals surface area contributed by atoms with E-state index in [2.05, 4.69) is 24.8 Å². The van der Waals surface area contributed by atoms with E-state index in [4.69, 9.17) is 16.3 Å². The van der Waals surface area contributed by atoms with E-state index in [9.17, 15) is 8.42 Å². The zero-order valence-corrected chi connectivity index (χ0v) is 25.0. The summed E-state index contributed by atoms with van der Waals surface area (Å²) < 4.78 is 36.6. The molecular weight excluding hydrogens is 584 g/mol. The standard InChI is InChI=1S/C32H29ClN6O3S/c1-42-31-26(7-4-14-36-31)32(38-19-17-37(18-20-38)25-11-15-34-16-12-25)22-39(28-10-9-24(33)21-27(28)32)43(40,41)29-8-2-5-23-6-3-13-35-30(23)29/h2-16,21H,17-20,22H2,1H3. The number of hydrogen-bond acceptors (Lipinski definition) is 8. The fourth-order valence-electron chi connectivity index (χ4n) is 6.49. The van der Waals surface area contributed by atoms with Gasteiger partial charge in [-0.05, 0) is 54.6 Å². The molecule has 11 heteroatoms. The molecule has 2 aliphatic heterocycles. The number of methoxy groups -OCH3 is 1. The Hall–Kier alpha value is -4.25. The van der Waals surface area contributed by atoms with Gasteiger partial charge in [-0.1, -0.05) is 29.8 Å². The normalized spacial score (nSPS) is 19.0. The van der Waals surface area contributed by atoms with Gasteiger partial charge < -0.3 is 9.64 Å². The van der Waals surface area contributed by atoms with Gasteiger partial charge in [-0.3, -0.25) is 19.2 Å². The third-order valence-electron chi connectivity index (χ3n) is 8.47. The van der Waals surface area contributed by atoms with E-state index < -0.39 is 15.6 Å². The number of pyridine rings is 3. The second kappa shape index (κ2) is 10.8.